The van der Waals surface area contributed by atoms with Crippen LogP contribution in [0.4, 0.5) is 0 Å². The Bertz CT molecular complexity index is 1010. The molecule has 0 unspecified atom stereocenters. The molecule has 1 atom stereocenters. The molecule has 0 N–H and O–H groups in total. The van der Waals surface area contributed by atoms with E-state index in [1.165, 1.54) is 11.8 Å². The van der Waals surface area contributed by atoms with Crippen LogP contribution in [0.5, 0.6) is 11.5 Å². The van der Waals surface area contributed by atoms with Gasteiger partial charge in [0.2, 0.25) is 0 Å². The zero-order valence-electron chi connectivity index (χ0n) is 17.5. The predicted octanol–water partition coefficient (Wildman–Crippen LogP) is 3.30. The first kappa shape index (κ1) is 22.5. The number of rotatable bonds is 8. The van der Waals surface area contributed by atoms with Crippen molar-refractivity contribution in [2.24, 2.45) is 0 Å². The van der Waals surface area contributed by atoms with Gasteiger partial charge in [-0.2, -0.15) is 0 Å². The fourth-order valence-electron chi connectivity index (χ4n) is 3.42. The van der Waals surface area contributed by atoms with E-state index in [1.54, 1.807) is 32.2 Å². The summed E-state index contributed by atoms with van der Waals surface area (Å²) in [6.07, 6.45) is 1.31. The maximum absolute atomic E-state index is 13.1. The van der Waals surface area contributed by atoms with Crippen molar-refractivity contribution in [1.82, 2.24) is 4.90 Å². The first-order valence-electron chi connectivity index (χ1n) is 9.75. The number of nitrogens with zero attached hydrogens (tertiary/aromatic N) is 1. The van der Waals surface area contributed by atoms with E-state index in [0.717, 1.165) is 10.5 Å². The highest BCUT2D eigenvalue weighted by molar-refractivity contribution is 8.02. The van der Waals surface area contributed by atoms with Gasteiger partial charge in [-0.05, 0) is 42.7 Å². The summed E-state index contributed by atoms with van der Waals surface area (Å²) in [6, 6.07) is 13.2. The van der Waals surface area contributed by atoms with E-state index in [2.05, 4.69) is 0 Å². The first-order chi connectivity index (χ1) is 14.3. The monoisotopic (exact) mass is 449 g/mol. The molecular weight excluding hydrogens is 422 g/mol. The lowest BCUT2D eigenvalue weighted by Crippen LogP contribution is -2.29. The normalized spacial score (nSPS) is 17.5. The zero-order valence-corrected chi connectivity index (χ0v) is 19.1. The Morgan fingerprint density at radius 3 is 2.53 bits per heavy atom. The molecule has 2 aromatic rings. The Balaban J connectivity index is 1.66. The standard InChI is InChI=1S/C22H27NO5S2/c1-23(12-10-16-8-9-19(27-2)20(14-16)28-3)22(24)18-6-4-5-7-21(18)29-17-11-13-30(25,26)15-17/h4-9,14,17H,10-13,15H2,1-3H3/t17-/m0/s1. The van der Waals surface area contributed by atoms with E-state index in [1.807, 2.05) is 36.4 Å². The number of carbonyl (C=O) groups is 1. The van der Waals surface area contributed by atoms with E-state index < -0.39 is 9.84 Å². The highest BCUT2D eigenvalue weighted by Crippen LogP contribution is 2.33. The molecule has 6 nitrogen and oxygen atoms in total. The molecule has 0 aliphatic carbocycles. The topological polar surface area (TPSA) is 72.9 Å². The number of sulfone groups is 1. The van der Waals surface area contributed by atoms with Gasteiger partial charge in [0, 0.05) is 23.7 Å². The second-order valence-corrected chi connectivity index (χ2v) is 10.9. The van der Waals surface area contributed by atoms with Crippen LogP contribution in [-0.4, -0.2) is 63.8 Å². The van der Waals surface area contributed by atoms with Crippen LogP contribution < -0.4 is 9.47 Å². The van der Waals surface area contributed by atoms with Gasteiger partial charge in [0.15, 0.2) is 21.3 Å². The fraction of sp³-hybridized carbons (Fsp3) is 0.409. The minimum absolute atomic E-state index is 0.000945. The van der Waals surface area contributed by atoms with Gasteiger partial charge in [-0.1, -0.05) is 18.2 Å². The Morgan fingerprint density at radius 2 is 1.87 bits per heavy atom. The number of thioether (sulfide) groups is 1. The third-order valence-corrected chi connectivity index (χ3v) is 8.46. The zero-order chi connectivity index (χ0) is 21.7. The molecule has 1 amide bonds. The summed E-state index contributed by atoms with van der Waals surface area (Å²) in [7, 11) is 2.03. The van der Waals surface area contributed by atoms with Crippen LogP contribution in [0, 0.1) is 0 Å². The lowest BCUT2D eigenvalue weighted by atomic mass is 10.1. The molecule has 30 heavy (non-hydrogen) atoms. The maximum atomic E-state index is 13.1. The third-order valence-electron chi connectivity index (χ3n) is 5.13. The molecule has 8 heteroatoms. The van der Waals surface area contributed by atoms with Gasteiger partial charge in [-0.15, -0.1) is 11.8 Å². The number of amides is 1. The minimum Gasteiger partial charge on any atom is -0.493 e. The number of likely N-dealkylation sites (N-methyl/N-ethyl adjacent to an activating group) is 1. The van der Waals surface area contributed by atoms with Gasteiger partial charge in [0.05, 0.1) is 31.3 Å². The van der Waals surface area contributed by atoms with Crippen LogP contribution in [0.1, 0.15) is 22.3 Å². The summed E-state index contributed by atoms with van der Waals surface area (Å²) in [4.78, 5) is 15.6. The van der Waals surface area contributed by atoms with Crippen LogP contribution in [0.2, 0.25) is 0 Å². The van der Waals surface area contributed by atoms with Crippen molar-refractivity contribution >= 4 is 27.5 Å². The predicted molar refractivity (Wildman–Crippen MR) is 120 cm³/mol. The quantitative estimate of drug-likeness (QED) is 0.616. The highest BCUT2D eigenvalue weighted by atomic mass is 32.2. The van der Waals surface area contributed by atoms with Gasteiger partial charge in [-0.25, -0.2) is 8.42 Å². The summed E-state index contributed by atoms with van der Waals surface area (Å²) in [5.74, 6) is 1.67. The van der Waals surface area contributed by atoms with Crippen molar-refractivity contribution in [3.63, 3.8) is 0 Å². The van der Waals surface area contributed by atoms with Gasteiger partial charge in [0.1, 0.15) is 0 Å². The fourth-order valence-corrected chi connectivity index (χ4v) is 7.04. The molecule has 1 aliphatic rings. The molecule has 2 aromatic carbocycles. The van der Waals surface area contributed by atoms with E-state index in [0.29, 0.717) is 36.4 Å². The number of carbonyl (C=O) groups excluding carboxylic acids is 1. The lowest BCUT2D eigenvalue weighted by Gasteiger charge is -2.20. The van der Waals surface area contributed by atoms with Crippen molar-refractivity contribution in [2.45, 2.75) is 23.0 Å². The van der Waals surface area contributed by atoms with Crippen LogP contribution >= 0.6 is 11.8 Å². The first-order valence-corrected chi connectivity index (χ1v) is 12.5. The van der Waals surface area contributed by atoms with Gasteiger partial charge in [0.25, 0.3) is 5.91 Å². The largest absolute Gasteiger partial charge is 0.493 e. The molecule has 1 heterocycles. The smallest absolute Gasteiger partial charge is 0.254 e. The minimum atomic E-state index is -2.95. The number of benzene rings is 2. The SMILES string of the molecule is COc1ccc(CCN(C)C(=O)c2ccccc2S[C@H]2CCS(=O)(=O)C2)cc1OC. The second kappa shape index (κ2) is 9.75. The van der Waals surface area contributed by atoms with Gasteiger partial charge >= 0.3 is 0 Å². The molecule has 162 valence electrons. The van der Waals surface area contributed by atoms with E-state index in [-0.39, 0.29) is 22.7 Å². The number of hydrogen-bond acceptors (Lipinski definition) is 6. The van der Waals surface area contributed by atoms with Crippen LogP contribution in [0.25, 0.3) is 0 Å². The van der Waals surface area contributed by atoms with Crippen molar-refractivity contribution in [1.29, 1.82) is 0 Å². The summed E-state index contributed by atoms with van der Waals surface area (Å²) in [5.41, 5.74) is 1.66. The van der Waals surface area contributed by atoms with Gasteiger partial charge < -0.3 is 14.4 Å². The highest BCUT2D eigenvalue weighted by Gasteiger charge is 2.29. The molecule has 0 spiro atoms. The van der Waals surface area contributed by atoms with Gasteiger partial charge in [-0.3, -0.25) is 4.79 Å². The van der Waals surface area contributed by atoms with Crippen LogP contribution in [-0.2, 0) is 16.3 Å². The molecule has 3 rings (SSSR count). The number of hydrogen-bond donors (Lipinski definition) is 0. The van der Waals surface area contributed by atoms with Crippen LogP contribution in [0.15, 0.2) is 47.4 Å². The molecular formula is C22H27NO5S2. The molecule has 1 saturated heterocycles. The van der Waals surface area contributed by atoms with Crippen molar-refractivity contribution in [2.75, 3.05) is 39.3 Å². The summed E-state index contributed by atoms with van der Waals surface area (Å²) >= 11 is 1.49. The van der Waals surface area contributed by atoms with Crippen molar-refractivity contribution in [3.8, 4) is 11.5 Å². The van der Waals surface area contributed by atoms with E-state index in [4.69, 9.17) is 9.47 Å². The Hall–Kier alpha value is -2.19. The average molecular weight is 450 g/mol. The second-order valence-electron chi connectivity index (χ2n) is 7.31. The third kappa shape index (κ3) is 5.49. The van der Waals surface area contributed by atoms with Crippen molar-refractivity contribution < 1.29 is 22.7 Å². The summed E-state index contributed by atoms with van der Waals surface area (Å²) in [5, 5.41) is 0.000945. The molecule has 1 fully saturated rings. The molecule has 0 bridgehead atoms. The van der Waals surface area contributed by atoms with E-state index in [9.17, 15) is 13.2 Å². The van der Waals surface area contributed by atoms with Crippen molar-refractivity contribution in [3.05, 3.63) is 53.6 Å². The Morgan fingerprint density at radius 1 is 1.13 bits per heavy atom. The number of ether oxygens (including phenoxy) is 2. The van der Waals surface area contributed by atoms with E-state index >= 15 is 0 Å². The maximum Gasteiger partial charge on any atom is 0.254 e. The summed E-state index contributed by atoms with van der Waals surface area (Å²) < 4.78 is 34.1. The van der Waals surface area contributed by atoms with Crippen LogP contribution in [0.3, 0.4) is 0 Å². The number of methoxy groups -OCH3 is 2. The molecule has 1 aliphatic heterocycles. The average Bonchev–Trinajstić information content (AvgIpc) is 3.09. The molecule has 0 radical (unpaired) electrons. The summed E-state index contributed by atoms with van der Waals surface area (Å²) in [6.45, 7) is 0.547. The lowest BCUT2D eigenvalue weighted by molar-refractivity contribution is 0.0793. The molecule has 0 saturated carbocycles. The Kier molecular flexibility index (Phi) is 7.31. The molecule has 0 aromatic heterocycles. The Labute approximate surface area is 182 Å².